The van der Waals surface area contributed by atoms with Crippen LogP contribution in [0.2, 0.25) is 0 Å². The number of rotatable bonds is 4. The predicted molar refractivity (Wildman–Crippen MR) is 103 cm³/mol. The molecular weight excluding hydrogens is 294 g/mol. The smallest absolute Gasteiger partial charge is 0.135 e. The zero-order valence-corrected chi connectivity index (χ0v) is 14.8. The minimum absolute atomic E-state index is 0.360. The number of ether oxygens (including phenoxy) is 1. The molecule has 0 bridgehead atoms. The van der Waals surface area contributed by atoms with Gasteiger partial charge in [0, 0.05) is 11.1 Å². The second-order valence-corrected chi connectivity index (χ2v) is 6.90. The van der Waals surface area contributed by atoms with Gasteiger partial charge < -0.3 is 10.5 Å². The molecular formula is C22H25NO. The molecule has 3 rings (SSSR count). The van der Waals surface area contributed by atoms with Crippen LogP contribution in [0.1, 0.15) is 50.7 Å². The molecule has 0 heterocycles. The molecule has 0 saturated heterocycles. The van der Waals surface area contributed by atoms with Gasteiger partial charge in [0.25, 0.3) is 0 Å². The van der Waals surface area contributed by atoms with Crippen molar-refractivity contribution in [1.82, 2.24) is 0 Å². The van der Waals surface area contributed by atoms with E-state index in [0.717, 1.165) is 33.7 Å². The van der Waals surface area contributed by atoms with Gasteiger partial charge >= 0.3 is 0 Å². The number of hydrogen-bond acceptors (Lipinski definition) is 2. The van der Waals surface area contributed by atoms with Gasteiger partial charge in [-0.25, -0.2) is 0 Å². The molecule has 0 aromatic heterocycles. The van der Waals surface area contributed by atoms with E-state index >= 15 is 0 Å². The second-order valence-electron chi connectivity index (χ2n) is 6.90. The minimum Gasteiger partial charge on any atom is -0.457 e. The summed E-state index contributed by atoms with van der Waals surface area (Å²) >= 11 is 0. The number of nitrogen functional groups attached to an aromatic ring is 1. The van der Waals surface area contributed by atoms with E-state index in [-0.39, 0.29) is 0 Å². The van der Waals surface area contributed by atoms with Gasteiger partial charge in [-0.05, 0) is 46.5 Å². The van der Waals surface area contributed by atoms with Gasteiger partial charge in [0.2, 0.25) is 0 Å². The van der Waals surface area contributed by atoms with Crippen LogP contribution in [0.3, 0.4) is 0 Å². The first kappa shape index (κ1) is 16.4. The van der Waals surface area contributed by atoms with E-state index in [1.807, 2.05) is 24.3 Å². The number of hydrogen-bond donors (Lipinski definition) is 1. The standard InChI is InChI=1S/C22H25NO/c1-14(2)19-12-17(13-20(15(3)4)22(19)23)24-21-11-7-9-16-8-5-6-10-18(16)21/h5-15H,23H2,1-4H3. The zero-order valence-electron chi connectivity index (χ0n) is 14.8. The maximum Gasteiger partial charge on any atom is 0.135 e. The van der Waals surface area contributed by atoms with Gasteiger partial charge in [0.1, 0.15) is 11.5 Å². The molecule has 2 nitrogen and oxygen atoms in total. The quantitative estimate of drug-likeness (QED) is 0.560. The van der Waals surface area contributed by atoms with E-state index in [1.165, 1.54) is 5.39 Å². The second kappa shape index (κ2) is 6.56. The number of benzene rings is 3. The largest absolute Gasteiger partial charge is 0.457 e. The highest BCUT2D eigenvalue weighted by atomic mass is 16.5. The molecule has 124 valence electrons. The monoisotopic (exact) mass is 319 g/mol. The van der Waals surface area contributed by atoms with Gasteiger partial charge in [0.05, 0.1) is 0 Å². The normalized spacial score (nSPS) is 11.4. The molecule has 3 aromatic rings. The summed E-state index contributed by atoms with van der Waals surface area (Å²) in [5, 5.41) is 2.30. The van der Waals surface area contributed by atoms with Crippen LogP contribution < -0.4 is 10.5 Å². The average Bonchev–Trinajstić information content (AvgIpc) is 2.56. The van der Waals surface area contributed by atoms with Crippen molar-refractivity contribution in [2.75, 3.05) is 5.73 Å². The summed E-state index contributed by atoms with van der Waals surface area (Å²) in [7, 11) is 0. The fourth-order valence-electron chi connectivity index (χ4n) is 3.10. The van der Waals surface area contributed by atoms with E-state index in [4.69, 9.17) is 10.5 Å². The Bertz CT molecular complexity index is 830. The molecule has 0 radical (unpaired) electrons. The lowest BCUT2D eigenvalue weighted by atomic mass is 9.92. The van der Waals surface area contributed by atoms with Crippen molar-refractivity contribution in [3.8, 4) is 11.5 Å². The number of nitrogens with two attached hydrogens (primary N) is 1. The molecule has 2 N–H and O–H groups in total. The van der Waals surface area contributed by atoms with E-state index in [0.29, 0.717) is 11.8 Å². The van der Waals surface area contributed by atoms with Crippen molar-refractivity contribution in [3.63, 3.8) is 0 Å². The van der Waals surface area contributed by atoms with Crippen molar-refractivity contribution >= 4 is 16.5 Å². The Balaban J connectivity index is 2.09. The average molecular weight is 319 g/mol. The predicted octanol–water partition coefficient (Wildman–Crippen LogP) is 6.46. The van der Waals surface area contributed by atoms with Crippen molar-refractivity contribution in [2.45, 2.75) is 39.5 Å². The van der Waals surface area contributed by atoms with Crippen LogP contribution in [0.25, 0.3) is 10.8 Å². The molecule has 0 aliphatic heterocycles. The van der Waals surface area contributed by atoms with Crippen LogP contribution in [-0.4, -0.2) is 0 Å². The lowest BCUT2D eigenvalue weighted by molar-refractivity contribution is 0.486. The first-order chi connectivity index (χ1) is 11.5. The van der Waals surface area contributed by atoms with Gasteiger partial charge in [0.15, 0.2) is 0 Å². The van der Waals surface area contributed by atoms with Crippen LogP contribution in [0, 0.1) is 0 Å². The van der Waals surface area contributed by atoms with Crippen LogP contribution in [0.5, 0.6) is 11.5 Å². The molecule has 0 saturated carbocycles. The summed E-state index contributed by atoms with van der Waals surface area (Å²) in [6, 6.07) is 18.6. The summed E-state index contributed by atoms with van der Waals surface area (Å²) < 4.78 is 6.27. The first-order valence-corrected chi connectivity index (χ1v) is 8.56. The number of fused-ring (bicyclic) bond motifs is 1. The van der Waals surface area contributed by atoms with E-state index < -0.39 is 0 Å². The van der Waals surface area contributed by atoms with Gasteiger partial charge in [-0.15, -0.1) is 0 Å². The van der Waals surface area contributed by atoms with Crippen molar-refractivity contribution < 1.29 is 4.74 Å². The maximum atomic E-state index is 6.38. The Kier molecular flexibility index (Phi) is 4.48. The summed E-state index contributed by atoms with van der Waals surface area (Å²) in [6.07, 6.45) is 0. The number of anilines is 1. The Morgan fingerprint density at radius 3 is 2.00 bits per heavy atom. The molecule has 0 spiro atoms. The van der Waals surface area contributed by atoms with Crippen LogP contribution in [0.4, 0.5) is 5.69 Å². The molecule has 2 heteroatoms. The Morgan fingerprint density at radius 1 is 0.792 bits per heavy atom. The Labute approximate surface area is 144 Å². The SMILES string of the molecule is CC(C)c1cc(Oc2cccc3ccccc23)cc(C(C)C)c1N. The highest BCUT2D eigenvalue weighted by molar-refractivity contribution is 5.88. The molecule has 0 atom stereocenters. The third-order valence-electron chi connectivity index (χ3n) is 4.44. The summed E-state index contributed by atoms with van der Waals surface area (Å²) in [5.74, 6) is 2.45. The molecule has 0 amide bonds. The lowest BCUT2D eigenvalue weighted by Crippen LogP contribution is -2.04. The van der Waals surface area contributed by atoms with Crippen molar-refractivity contribution in [1.29, 1.82) is 0 Å². The molecule has 0 fully saturated rings. The zero-order chi connectivity index (χ0) is 17.3. The molecule has 3 aromatic carbocycles. The van der Waals surface area contributed by atoms with Crippen LogP contribution >= 0.6 is 0 Å². The van der Waals surface area contributed by atoms with Crippen LogP contribution in [-0.2, 0) is 0 Å². The lowest BCUT2D eigenvalue weighted by Gasteiger charge is -2.19. The highest BCUT2D eigenvalue weighted by Gasteiger charge is 2.15. The third kappa shape index (κ3) is 3.09. The summed E-state index contributed by atoms with van der Waals surface area (Å²) in [5.41, 5.74) is 9.58. The fraction of sp³-hybridized carbons (Fsp3) is 0.273. The van der Waals surface area contributed by atoms with Crippen molar-refractivity contribution in [2.24, 2.45) is 0 Å². The summed E-state index contributed by atoms with van der Waals surface area (Å²) in [6.45, 7) is 8.66. The molecule has 0 aliphatic rings. The first-order valence-electron chi connectivity index (χ1n) is 8.56. The third-order valence-corrected chi connectivity index (χ3v) is 4.44. The van der Waals surface area contributed by atoms with Gasteiger partial charge in [-0.2, -0.15) is 0 Å². The van der Waals surface area contributed by atoms with Crippen LogP contribution in [0.15, 0.2) is 54.6 Å². The van der Waals surface area contributed by atoms with E-state index in [1.54, 1.807) is 0 Å². The fourth-order valence-corrected chi connectivity index (χ4v) is 3.10. The van der Waals surface area contributed by atoms with Crippen molar-refractivity contribution in [3.05, 3.63) is 65.7 Å². The topological polar surface area (TPSA) is 35.2 Å². The maximum absolute atomic E-state index is 6.38. The Hall–Kier alpha value is -2.48. The van der Waals surface area contributed by atoms with E-state index in [2.05, 4.69) is 58.0 Å². The highest BCUT2D eigenvalue weighted by Crippen LogP contribution is 2.37. The van der Waals surface area contributed by atoms with E-state index in [9.17, 15) is 0 Å². The molecule has 0 unspecified atom stereocenters. The van der Waals surface area contributed by atoms with Gasteiger partial charge in [-0.3, -0.25) is 0 Å². The summed E-state index contributed by atoms with van der Waals surface area (Å²) in [4.78, 5) is 0. The minimum atomic E-state index is 0.360. The molecule has 0 aliphatic carbocycles. The van der Waals surface area contributed by atoms with Gasteiger partial charge in [-0.1, -0.05) is 64.1 Å². The molecule has 24 heavy (non-hydrogen) atoms. The Morgan fingerprint density at radius 2 is 1.38 bits per heavy atom.